The van der Waals surface area contributed by atoms with E-state index in [9.17, 15) is 10.0 Å². The number of hydrogen-bond acceptors (Lipinski definition) is 2. The Kier molecular flexibility index (Phi) is 3.44. The fourth-order valence-electron chi connectivity index (χ4n) is 1.76. The van der Waals surface area contributed by atoms with E-state index < -0.39 is 5.91 Å². The summed E-state index contributed by atoms with van der Waals surface area (Å²) in [6, 6.07) is 14.3. The van der Waals surface area contributed by atoms with Gasteiger partial charge in [0.15, 0.2) is 0 Å². The van der Waals surface area contributed by atoms with Crippen LogP contribution in [-0.4, -0.2) is 11.1 Å². The molecule has 0 saturated heterocycles. The first-order valence-electron chi connectivity index (χ1n) is 5.75. The molecular weight excluding hydrogens is 226 g/mol. The third kappa shape index (κ3) is 2.41. The first-order valence-corrected chi connectivity index (χ1v) is 5.75. The van der Waals surface area contributed by atoms with E-state index in [0.29, 0.717) is 16.3 Å². The van der Waals surface area contributed by atoms with Crippen molar-refractivity contribution in [3.05, 3.63) is 65.2 Å². The average molecular weight is 241 g/mol. The smallest absolute Gasteiger partial charge is 0.281 e. The monoisotopic (exact) mass is 241 g/mol. The van der Waals surface area contributed by atoms with Gasteiger partial charge in [0.1, 0.15) is 0 Å². The largest absolute Gasteiger partial charge is 0.281 e. The molecule has 18 heavy (non-hydrogen) atoms. The Labute approximate surface area is 106 Å². The molecule has 0 saturated carbocycles. The summed E-state index contributed by atoms with van der Waals surface area (Å²) in [7, 11) is 0. The molecule has 0 heterocycles. The van der Waals surface area contributed by atoms with Gasteiger partial charge in [-0.3, -0.25) is 10.0 Å². The number of carbonyl (C=O) groups excluding carboxylic acids is 1. The highest BCUT2D eigenvalue weighted by atomic mass is 16.5. The lowest BCUT2D eigenvalue weighted by atomic mass is 10.1. The summed E-state index contributed by atoms with van der Waals surface area (Å²) in [5, 5.41) is 10.7. The maximum Gasteiger partial charge on any atom is 0.281 e. The van der Waals surface area contributed by atoms with Crippen LogP contribution in [0.1, 0.15) is 21.5 Å². The molecule has 92 valence electrons. The zero-order valence-corrected chi connectivity index (χ0v) is 10.4. The second-order valence-electron chi connectivity index (χ2n) is 4.27. The molecule has 2 aromatic carbocycles. The average Bonchev–Trinajstić information content (AvgIpc) is 2.41. The second-order valence-corrected chi connectivity index (χ2v) is 4.27. The topological polar surface area (TPSA) is 40.5 Å². The number of carbonyl (C=O) groups is 1. The van der Waals surface area contributed by atoms with Gasteiger partial charge in [0, 0.05) is 5.56 Å². The summed E-state index contributed by atoms with van der Waals surface area (Å²) in [4.78, 5) is 12.1. The van der Waals surface area contributed by atoms with Crippen molar-refractivity contribution in [1.82, 2.24) is 0 Å². The van der Waals surface area contributed by atoms with E-state index in [1.165, 1.54) is 0 Å². The highest BCUT2D eigenvalue weighted by molar-refractivity contribution is 6.04. The Morgan fingerprint density at radius 1 is 1.06 bits per heavy atom. The van der Waals surface area contributed by atoms with Gasteiger partial charge in [-0.1, -0.05) is 30.3 Å². The van der Waals surface area contributed by atoms with Gasteiger partial charge in [-0.25, -0.2) is 0 Å². The maximum absolute atomic E-state index is 12.1. The minimum atomic E-state index is -0.427. The third-order valence-corrected chi connectivity index (χ3v) is 2.81. The molecule has 0 aliphatic carbocycles. The van der Waals surface area contributed by atoms with Crippen molar-refractivity contribution in [3.63, 3.8) is 0 Å². The van der Waals surface area contributed by atoms with Crippen molar-refractivity contribution in [2.45, 2.75) is 13.8 Å². The van der Waals surface area contributed by atoms with E-state index in [-0.39, 0.29) is 0 Å². The molecule has 0 atom stereocenters. The number of aryl methyl sites for hydroxylation is 2. The predicted octanol–water partition coefficient (Wildman–Crippen LogP) is 3.34. The van der Waals surface area contributed by atoms with Gasteiger partial charge in [0.05, 0.1) is 5.69 Å². The molecule has 0 radical (unpaired) electrons. The number of hydroxylamine groups is 1. The fourth-order valence-corrected chi connectivity index (χ4v) is 1.76. The van der Waals surface area contributed by atoms with E-state index in [2.05, 4.69) is 0 Å². The SMILES string of the molecule is Cc1ccc(C)c(N(O)C(=O)c2ccccc2)c1. The number of nitrogens with zero attached hydrogens (tertiary/aromatic N) is 1. The van der Waals surface area contributed by atoms with E-state index in [1.807, 2.05) is 32.0 Å². The first-order chi connectivity index (χ1) is 8.59. The fraction of sp³-hybridized carbons (Fsp3) is 0.133. The van der Waals surface area contributed by atoms with Crippen LogP contribution >= 0.6 is 0 Å². The molecule has 2 aromatic rings. The van der Waals surface area contributed by atoms with Crippen molar-refractivity contribution in [2.24, 2.45) is 0 Å². The van der Waals surface area contributed by atoms with E-state index in [0.717, 1.165) is 11.1 Å². The van der Waals surface area contributed by atoms with Gasteiger partial charge in [0.2, 0.25) is 0 Å². The number of benzene rings is 2. The van der Waals surface area contributed by atoms with Crippen LogP contribution in [0.15, 0.2) is 48.5 Å². The van der Waals surface area contributed by atoms with Gasteiger partial charge in [-0.15, -0.1) is 0 Å². The van der Waals surface area contributed by atoms with Gasteiger partial charge in [-0.2, -0.15) is 5.06 Å². The molecule has 1 amide bonds. The number of anilines is 1. The Balaban J connectivity index is 2.34. The molecule has 0 unspecified atom stereocenters. The third-order valence-electron chi connectivity index (χ3n) is 2.81. The summed E-state index contributed by atoms with van der Waals surface area (Å²) >= 11 is 0. The number of hydrogen-bond donors (Lipinski definition) is 1. The molecule has 3 nitrogen and oxygen atoms in total. The molecule has 0 aromatic heterocycles. The summed E-state index contributed by atoms with van der Waals surface area (Å²) in [6.45, 7) is 3.78. The molecule has 0 aliphatic rings. The van der Waals surface area contributed by atoms with Gasteiger partial charge in [0.25, 0.3) is 5.91 Å². The highest BCUT2D eigenvalue weighted by Crippen LogP contribution is 2.21. The van der Waals surface area contributed by atoms with Gasteiger partial charge >= 0.3 is 0 Å². The first kappa shape index (κ1) is 12.3. The van der Waals surface area contributed by atoms with Gasteiger partial charge < -0.3 is 0 Å². The van der Waals surface area contributed by atoms with Crippen LogP contribution in [-0.2, 0) is 0 Å². The molecule has 1 N–H and O–H groups in total. The van der Waals surface area contributed by atoms with Crippen LogP contribution in [0.2, 0.25) is 0 Å². The Bertz CT molecular complexity index is 564. The van der Waals surface area contributed by atoms with Crippen molar-refractivity contribution in [3.8, 4) is 0 Å². The van der Waals surface area contributed by atoms with E-state index >= 15 is 0 Å². The molecule has 0 spiro atoms. The maximum atomic E-state index is 12.1. The van der Waals surface area contributed by atoms with Crippen LogP contribution in [0.5, 0.6) is 0 Å². The Morgan fingerprint density at radius 3 is 2.39 bits per heavy atom. The van der Waals surface area contributed by atoms with Crippen LogP contribution in [0.3, 0.4) is 0 Å². The summed E-state index contributed by atoms with van der Waals surface area (Å²) in [5.74, 6) is -0.427. The predicted molar refractivity (Wildman–Crippen MR) is 71.0 cm³/mol. The quantitative estimate of drug-likeness (QED) is 0.647. The highest BCUT2D eigenvalue weighted by Gasteiger charge is 2.16. The van der Waals surface area contributed by atoms with Crippen LogP contribution in [0.25, 0.3) is 0 Å². The summed E-state index contributed by atoms with van der Waals surface area (Å²) in [6.07, 6.45) is 0. The molecule has 3 heteroatoms. The molecule has 2 rings (SSSR count). The van der Waals surface area contributed by atoms with Gasteiger partial charge in [-0.05, 0) is 43.2 Å². The zero-order valence-electron chi connectivity index (χ0n) is 10.4. The zero-order chi connectivity index (χ0) is 13.1. The summed E-state index contributed by atoms with van der Waals surface area (Å²) < 4.78 is 0. The number of amides is 1. The van der Waals surface area contributed by atoms with Crippen LogP contribution in [0.4, 0.5) is 5.69 Å². The van der Waals surface area contributed by atoms with E-state index in [1.54, 1.807) is 30.3 Å². The molecular formula is C15H15NO2. The Morgan fingerprint density at radius 2 is 1.72 bits per heavy atom. The van der Waals surface area contributed by atoms with E-state index in [4.69, 9.17) is 0 Å². The normalized spacial score (nSPS) is 10.2. The molecule has 0 fully saturated rings. The minimum absolute atomic E-state index is 0.427. The van der Waals surface area contributed by atoms with Crippen LogP contribution < -0.4 is 5.06 Å². The van der Waals surface area contributed by atoms with Crippen molar-refractivity contribution < 1.29 is 10.0 Å². The number of rotatable bonds is 2. The minimum Gasteiger partial charge on any atom is -0.281 e. The van der Waals surface area contributed by atoms with Crippen molar-refractivity contribution in [2.75, 3.05) is 5.06 Å². The lowest BCUT2D eigenvalue weighted by Crippen LogP contribution is -2.27. The van der Waals surface area contributed by atoms with Crippen LogP contribution in [0, 0.1) is 13.8 Å². The lowest BCUT2D eigenvalue weighted by molar-refractivity contribution is 0.0854. The Hall–Kier alpha value is -2.13. The standard InChI is InChI=1S/C15H15NO2/c1-11-8-9-12(2)14(10-11)16(18)15(17)13-6-4-3-5-7-13/h3-10,18H,1-2H3. The second kappa shape index (κ2) is 5.02. The van der Waals surface area contributed by atoms with Crippen molar-refractivity contribution >= 4 is 11.6 Å². The molecule has 0 aliphatic heterocycles. The van der Waals surface area contributed by atoms with Crippen molar-refractivity contribution in [1.29, 1.82) is 0 Å². The summed E-state index contributed by atoms with van der Waals surface area (Å²) in [5.41, 5.74) is 2.83. The molecule has 0 bridgehead atoms. The lowest BCUT2D eigenvalue weighted by Gasteiger charge is -2.17.